The van der Waals surface area contributed by atoms with Crippen molar-refractivity contribution in [3.05, 3.63) is 22.8 Å². The molecule has 0 aliphatic rings. The second kappa shape index (κ2) is 3.74. The molecule has 0 aliphatic carbocycles. The Morgan fingerprint density at radius 2 is 1.80 bits per heavy atom. The Kier molecular flexibility index (Phi) is 2.95. The summed E-state index contributed by atoms with van der Waals surface area (Å²) in [6.07, 6.45) is 0. The molecule has 0 aliphatic heterocycles. The maximum Gasteiger partial charge on any atom is 0.163 e. The second-order valence-electron chi connectivity index (χ2n) is 4.49. The van der Waals surface area contributed by atoms with Crippen LogP contribution in [0.5, 0.6) is 11.5 Å². The van der Waals surface area contributed by atoms with Crippen LogP contribution in [-0.4, -0.2) is 12.2 Å². The smallest absolute Gasteiger partial charge is 0.163 e. The van der Waals surface area contributed by atoms with Crippen LogP contribution in [0.3, 0.4) is 0 Å². The number of benzene rings is 1. The molecule has 0 heterocycles. The Bertz CT molecular complexity index is 378. The van der Waals surface area contributed by atoms with E-state index in [1.807, 2.05) is 33.8 Å². The van der Waals surface area contributed by atoms with Crippen molar-refractivity contribution in [2.75, 3.05) is 7.11 Å². The number of hydrogen-bond acceptors (Lipinski definition) is 3. The van der Waals surface area contributed by atoms with E-state index in [9.17, 15) is 5.11 Å². The van der Waals surface area contributed by atoms with Crippen molar-refractivity contribution >= 4 is 0 Å². The van der Waals surface area contributed by atoms with Gasteiger partial charge < -0.3 is 15.6 Å². The molecule has 0 unspecified atom stereocenters. The summed E-state index contributed by atoms with van der Waals surface area (Å²) in [5.41, 5.74) is 8.08. The molecular weight excluding hydrogens is 190 g/mol. The molecule has 0 amide bonds. The summed E-state index contributed by atoms with van der Waals surface area (Å²) in [6, 6.07) is 1.97. The van der Waals surface area contributed by atoms with Crippen molar-refractivity contribution in [2.45, 2.75) is 33.2 Å². The van der Waals surface area contributed by atoms with Gasteiger partial charge in [-0.05, 0) is 38.8 Å². The molecule has 0 atom stereocenters. The summed E-state index contributed by atoms with van der Waals surface area (Å²) in [5, 5.41) is 10.1. The fraction of sp³-hybridized carbons (Fsp3) is 0.500. The van der Waals surface area contributed by atoms with Crippen molar-refractivity contribution in [3.8, 4) is 11.5 Å². The fourth-order valence-electron chi connectivity index (χ4n) is 2.02. The van der Waals surface area contributed by atoms with E-state index >= 15 is 0 Å². The summed E-state index contributed by atoms with van der Waals surface area (Å²) in [6.45, 7) is 7.57. The summed E-state index contributed by atoms with van der Waals surface area (Å²) >= 11 is 0. The van der Waals surface area contributed by atoms with E-state index in [1.54, 1.807) is 7.11 Å². The number of aromatic hydroxyl groups is 1. The molecule has 1 rings (SSSR count). The molecule has 1 aromatic carbocycles. The van der Waals surface area contributed by atoms with Gasteiger partial charge in [0.25, 0.3) is 0 Å². The Balaban J connectivity index is 3.53. The van der Waals surface area contributed by atoms with E-state index in [1.165, 1.54) is 0 Å². The van der Waals surface area contributed by atoms with Crippen LogP contribution in [0.4, 0.5) is 0 Å². The van der Waals surface area contributed by atoms with Crippen molar-refractivity contribution < 1.29 is 9.84 Å². The topological polar surface area (TPSA) is 55.5 Å². The van der Waals surface area contributed by atoms with E-state index in [2.05, 4.69) is 0 Å². The molecule has 15 heavy (non-hydrogen) atoms. The van der Waals surface area contributed by atoms with Gasteiger partial charge in [-0.1, -0.05) is 6.07 Å². The SMILES string of the molecule is COc1c(C)cc(C)c(C(C)(C)N)c1O. The number of phenols is 1. The minimum absolute atomic E-state index is 0.155. The lowest BCUT2D eigenvalue weighted by Crippen LogP contribution is -2.30. The van der Waals surface area contributed by atoms with Crippen molar-refractivity contribution in [1.29, 1.82) is 0 Å². The van der Waals surface area contributed by atoms with Crippen LogP contribution in [0.1, 0.15) is 30.5 Å². The van der Waals surface area contributed by atoms with Gasteiger partial charge in [-0.3, -0.25) is 0 Å². The molecule has 0 bridgehead atoms. The zero-order valence-electron chi connectivity index (χ0n) is 10.0. The van der Waals surface area contributed by atoms with Crippen LogP contribution in [0.2, 0.25) is 0 Å². The summed E-state index contributed by atoms with van der Waals surface area (Å²) in [7, 11) is 1.55. The van der Waals surface area contributed by atoms with Crippen molar-refractivity contribution in [1.82, 2.24) is 0 Å². The molecule has 1 aromatic rings. The quantitative estimate of drug-likeness (QED) is 0.785. The summed E-state index contributed by atoms with van der Waals surface area (Å²) < 4.78 is 5.16. The first-order valence-electron chi connectivity index (χ1n) is 4.95. The zero-order valence-corrected chi connectivity index (χ0v) is 10.0. The number of methoxy groups -OCH3 is 1. The Labute approximate surface area is 90.9 Å². The minimum Gasteiger partial charge on any atom is -0.504 e. The summed E-state index contributed by atoms with van der Waals surface area (Å²) in [4.78, 5) is 0. The third kappa shape index (κ3) is 2.07. The standard InChI is InChI=1S/C12H19NO2/c1-7-6-8(2)11(15-5)10(14)9(7)12(3,4)13/h6,14H,13H2,1-5H3. The van der Waals surface area contributed by atoms with Crippen LogP contribution < -0.4 is 10.5 Å². The Hall–Kier alpha value is -1.22. The van der Waals surface area contributed by atoms with Crippen LogP contribution >= 0.6 is 0 Å². The molecular formula is C12H19NO2. The highest BCUT2D eigenvalue weighted by molar-refractivity contribution is 5.56. The number of phenolic OH excluding ortho intramolecular Hbond substituents is 1. The number of nitrogens with two attached hydrogens (primary N) is 1. The molecule has 0 aromatic heterocycles. The molecule has 0 fully saturated rings. The van der Waals surface area contributed by atoms with E-state index in [0.717, 1.165) is 16.7 Å². The van der Waals surface area contributed by atoms with Gasteiger partial charge in [0.1, 0.15) is 0 Å². The Morgan fingerprint density at radius 1 is 1.27 bits per heavy atom. The van der Waals surface area contributed by atoms with Gasteiger partial charge in [-0.25, -0.2) is 0 Å². The molecule has 0 spiro atoms. The highest BCUT2D eigenvalue weighted by Crippen LogP contribution is 2.39. The molecule has 3 heteroatoms. The van der Waals surface area contributed by atoms with Gasteiger partial charge in [0, 0.05) is 11.1 Å². The molecule has 0 radical (unpaired) electrons. The molecule has 84 valence electrons. The van der Waals surface area contributed by atoms with Gasteiger partial charge in [-0.2, -0.15) is 0 Å². The van der Waals surface area contributed by atoms with Crippen molar-refractivity contribution in [2.24, 2.45) is 5.73 Å². The second-order valence-corrected chi connectivity index (χ2v) is 4.49. The number of hydrogen-bond donors (Lipinski definition) is 2. The van der Waals surface area contributed by atoms with Gasteiger partial charge in [0.05, 0.1) is 7.11 Å². The lowest BCUT2D eigenvalue weighted by molar-refractivity contribution is 0.359. The minimum atomic E-state index is -0.574. The van der Waals surface area contributed by atoms with Gasteiger partial charge >= 0.3 is 0 Å². The fourth-order valence-corrected chi connectivity index (χ4v) is 2.02. The Morgan fingerprint density at radius 3 is 2.20 bits per heavy atom. The third-order valence-corrected chi connectivity index (χ3v) is 2.49. The average Bonchev–Trinajstić information content (AvgIpc) is 2.00. The monoisotopic (exact) mass is 209 g/mol. The van der Waals surface area contributed by atoms with E-state index in [-0.39, 0.29) is 5.75 Å². The van der Waals surface area contributed by atoms with Gasteiger partial charge in [-0.15, -0.1) is 0 Å². The maximum atomic E-state index is 10.1. The number of aryl methyl sites for hydroxylation is 2. The van der Waals surface area contributed by atoms with Gasteiger partial charge in [0.2, 0.25) is 0 Å². The average molecular weight is 209 g/mol. The molecule has 0 saturated heterocycles. The predicted octanol–water partition coefficient (Wildman–Crippen LogP) is 2.21. The number of ether oxygens (including phenoxy) is 1. The van der Waals surface area contributed by atoms with Crippen LogP contribution in [0.15, 0.2) is 6.07 Å². The maximum absolute atomic E-state index is 10.1. The van der Waals surface area contributed by atoms with Crippen molar-refractivity contribution in [3.63, 3.8) is 0 Å². The predicted molar refractivity (Wildman–Crippen MR) is 61.3 cm³/mol. The van der Waals surface area contributed by atoms with Crippen LogP contribution in [0.25, 0.3) is 0 Å². The largest absolute Gasteiger partial charge is 0.504 e. The summed E-state index contributed by atoms with van der Waals surface area (Å²) in [5.74, 6) is 0.664. The van der Waals surface area contributed by atoms with E-state index in [4.69, 9.17) is 10.5 Å². The normalized spacial score (nSPS) is 11.6. The first-order valence-corrected chi connectivity index (χ1v) is 4.95. The highest BCUT2D eigenvalue weighted by atomic mass is 16.5. The van der Waals surface area contributed by atoms with E-state index < -0.39 is 5.54 Å². The van der Waals surface area contributed by atoms with Crippen LogP contribution in [0, 0.1) is 13.8 Å². The zero-order chi connectivity index (χ0) is 11.8. The molecule has 0 saturated carbocycles. The first-order chi connectivity index (χ1) is 6.79. The molecule has 3 N–H and O–H groups in total. The lowest BCUT2D eigenvalue weighted by Gasteiger charge is -2.25. The van der Waals surface area contributed by atoms with Gasteiger partial charge in [0.15, 0.2) is 11.5 Å². The number of rotatable bonds is 2. The molecule has 3 nitrogen and oxygen atoms in total. The highest BCUT2D eigenvalue weighted by Gasteiger charge is 2.24. The first kappa shape index (κ1) is 11.9. The van der Waals surface area contributed by atoms with E-state index in [0.29, 0.717) is 5.75 Å². The third-order valence-electron chi connectivity index (χ3n) is 2.49. The lowest BCUT2D eigenvalue weighted by atomic mass is 9.89. The van der Waals surface area contributed by atoms with Crippen LogP contribution in [-0.2, 0) is 5.54 Å².